The molecule has 1 aromatic heterocycles. The van der Waals surface area contributed by atoms with E-state index in [1.807, 2.05) is 31.2 Å². The van der Waals surface area contributed by atoms with E-state index in [4.69, 9.17) is 4.74 Å². The van der Waals surface area contributed by atoms with Gasteiger partial charge in [0.2, 0.25) is 0 Å². The Labute approximate surface area is 148 Å². The molecule has 2 aromatic rings. The fourth-order valence-electron chi connectivity index (χ4n) is 2.78. The summed E-state index contributed by atoms with van der Waals surface area (Å²) >= 11 is 1.24. The number of carbonyl (C=O) groups excluding carboxylic acids is 1. The van der Waals surface area contributed by atoms with E-state index in [1.165, 1.54) is 11.3 Å². The molecule has 0 atom stereocenters. The molecule has 3 nitrogen and oxygen atoms in total. The Balaban J connectivity index is 1.88. The van der Waals surface area contributed by atoms with Gasteiger partial charge in [-0.1, -0.05) is 25.5 Å². The van der Waals surface area contributed by atoms with Gasteiger partial charge in [-0.2, -0.15) is 13.2 Å². The normalized spacial score (nSPS) is 13.0. The summed E-state index contributed by atoms with van der Waals surface area (Å²) < 4.78 is 44.1. The standard InChI is InChI=1S/C18H18F3NO2S/c1-2-3-8-22(11-18(19,20)21)17(23)15-9-12-10-24-14-7-5-4-6-13(14)16(12)25-15/h4-7,9H,2-3,8,10-11H2,1H3. The molecule has 0 N–H and O–H groups in total. The van der Waals surface area contributed by atoms with Crippen LogP contribution in [0.15, 0.2) is 30.3 Å². The van der Waals surface area contributed by atoms with Crippen molar-refractivity contribution in [1.29, 1.82) is 0 Å². The highest BCUT2D eigenvalue weighted by atomic mass is 32.1. The quantitative estimate of drug-likeness (QED) is 0.733. The third-order valence-electron chi connectivity index (χ3n) is 3.97. The summed E-state index contributed by atoms with van der Waals surface area (Å²) in [6, 6.07) is 9.13. The van der Waals surface area contributed by atoms with Gasteiger partial charge in [-0.3, -0.25) is 4.79 Å². The van der Waals surface area contributed by atoms with E-state index in [2.05, 4.69) is 0 Å². The van der Waals surface area contributed by atoms with Gasteiger partial charge in [0.15, 0.2) is 0 Å². The second-order valence-electron chi connectivity index (χ2n) is 5.95. The first-order valence-electron chi connectivity index (χ1n) is 8.10. The lowest BCUT2D eigenvalue weighted by Crippen LogP contribution is -2.39. The molecule has 0 saturated heterocycles. The van der Waals surface area contributed by atoms with Crippen molar-refractivity contribution in [3.63, 3.8) is 0 Å². The number of alkyl halides is 3. The predicted molar refractivity (Wildman–Crippen MR) is 91.0 cm³/mol. The number of para-hydroxylation sites is 1. The molecule has 1 aliphatic rings. The zero-order valence-corrected chi connectivity index (χ0v) is 14.5. The fraction of sp³-hybridized carbons (Fsp3) is 0.389. The Morgan fingerprint density at radius 3 is 2.80 bits per heavy atom. The maximum Gasteiger partial charge on any atom is 0.406 e. The molecule has 0 aliphatic carbocycles. The van der Waals surface area contributed by atoms with Crippen LogP contribution in [0, 0.1) is 0 Å². The maximum atomic E-state index is 12.8. The molecule has 0 unspecified atom stereocenters. The van der Waals surface area contributed by atoms with Crippen molar-refractivity contribution >= 4 is 17.2 Å². The summed E-state index contributed by atoms with van der Waals surface area (Å²) in [5.41, 5.74) is 1.72. The van der Waals surface area contributed by atoms with Gasteiger partial charge in [-0.15, -0.1) is 11.3 Å². The van der Waals surface area contributed by atoms with E-state index >= 15 is 0 Å². The molecule has 2 heterocycles. The topological polar surface area (TPSA) is 29.5 Å². The highest BCUT2D eigenvalue weighted by Crippen LogP contribution is 2.42. The molecule has 1 aliphatic heterocycles. The lowest BCUT2D eigenvalue weighted by Gasteiger charge is -2.23. The van der Waals surface area contributed by atoms with Crippen LogP contribution in [0.2, 0.25) is 0 Å². The molecular formula is C18H18F3NO2S. The fourth-order valence-corrected chi connectivity index (χ4v) is 3.94. The van der Waals surface area contributed by atoms with E-state index in [-0.39, 0.29) is 6.54 Å². The van der Waals surface area contributed by atoms with Crippen LogP contribution < -0.4 is 4.74 Å². The summed E-state index contributed by atoms with van der Waals surface area (Å²) in [4.78, 5) is 14.8. The number of rotatable bonds is 5. The molecule has 0 saturated carbocycles. The summed E-state index contributed by atoms with van der Waals surface area (Å²) in [7, 11) is 0. The predicted octanol–water partition coefficient (Wildman–Crippen LogP) is 5.11. The largest absolute Gasteiger partial charge is 0.488 e. The van der Waals surface area contributed by atoms with Crippen molar-refractivity contribution < 1.29 is 22.7 Å². The van der Waals surface area contributed by atoms with E-state index in [9.17, 15) is 18.0 Å². The molecule has 1 aromatic carbocycles. The Bertz CT molecular complexity index is 770. The van der Waals surface area contributed by atoms with E-state index in [0.717, 1.165) is 33.1 Å². The minimum absolute atomic E-state index is 0.102. The van der Waals surface area contributed by atoms with Crippen molar-refractivity contribution in [3.05, 3.63) is 40.8 Å². The number of ether oxygens (including phenoxy) is 1. The summed E-state index contributed by atoms with van der Waals surface area (Å²) in [5, 5.41) is 0. The first-order chi connectivity index (χ1) is 11.9. The minimum Gasteiger partial charge on any atom is -0.488 e. The molecule has 25 heavy (non-hydrogen) atoms. The number of nitrogens with zero attached hydrogens (tertiary/aromatic N) is 1. The number of fused-ring (bicyclic) bond motifs is 3. The number of unbranched alkanes of at least 4 members (excludes halogenated alkanes) is 1. The smallest absolute Gasteiger partial charge is 0.406 e. The Hall–Kier alpha value is -2.02. The van der Waals surface area contributed by atoms with Gasteiger partial charge in [0, 0.05) is 22.5 Å². The zero-order chi connectivity index (χ0) is 18.0. The Kier molecular flexibility index (Phi) is 5.03. The molecule has 1 amide bonds. The van der Waals surface area contributed by atoms with Crippen LogP contribution in [-0.2, 0) is 6.61 Å². The number of hydrogen-bond acceptors (Lipinski definition) is 3. The summed E-state index contributed by atoms with van der Waals surface area (Å²) in [5.74, 6) is 0.164. The molecule has 7 heteroatoms. The number of hydrogen-bond donors (Lipinski definition) is 0. The summed E-state index contributed by atoms with van der Waals surface area (Å²) in [6.45, 7) is 1.09. The van der Waals surface area contributed by atoms with Crippen molar-refractivity contribution in [3.8, 4) is 16.2 Å². The summed E-state index contributed by atoms with van der Waals surface area (Å²) in [6.07, 6.45) is -3.14. The van der Waals surface area contributed by atoms with Gasteiger partial charge in [-0.05, 0) is 24.6 Å². The lowest BCUT2D eigenvalue weighted by atomic mass is 10.1. The van der Waals surface area contributed by atoms with Gasteiger partial charge < -0.3 is 9.64 Å². The molecule has 0 spiro atoms. The van der Waals surface area contributed by atoms with Crippen molar-refractivity contribution in [2.75, 3.05) is 13.1 Å². The molecular weight excluding hydrogens is 351 g/mol. The third-order valence-corrected chi connectivity index (χ3v) is 5.17. The molecule has 0 fully saturated rings. The van der Waals surface area contributed by atoms with Crippen LogP contribution in [-0.4, -0.2) is 30.1 Å². The minimum atomic E-state index is -4.41. The van der Waals surface area contributed by atoms with E-state index in [1.54, 1.807) is 6.07 Å². The second kappa shape index (κ2) is 7.07. The van der Waals surface area contributed by atoms with Crippen molar-refractivity contribution in [2.24, 2.45) is 0 Å². The first-order valence-corrected chi connectivity index (χ1v) is 8.91. The highest BCUT2D eigenvalue weighted by Gasteiger charge is 2.34. The number of benzene rings is 1. The molecule has 0 bridgehead atoms. The Morgan fingerprint density at radius 2 is 2.08 bits per heavy atom. The zero-order valence-electron chi connectivity index (χ0n) is 13.7. The highest BCUT2D eigenvalue weighted by molar-refractivity contribution is 7.17. The van der Waals surface area contributed by atoms with Gasteiger partial charge in [-0.25, -0.2) is 0 Å². The van der Waals surface area contributed by atoms with E-state index < -0.39 is 18.6 Å². The van der Waals surface area contributed by atoms with Crippen LogP contribution in [0.5, 0.6) is 5.75 Å². The van der Waals surface area contributed by atoms with Crippen LogP contribution >= 0.6 is 11.3 Å². The van der Waals surface area contributed by atoms with Gasteiger partial charge in [0.1, 0.15) is 18.9 Å². The van der Waals surface area contributed by atoms with Crippen LogP contribution in [0.25, 0.3) is 10.4 Å². The number of amides is 1. The van der Waals surface area contributed by atoms with Crippen molar-refractivity contribution in [1.82, 2.24) is 4.90 Å². The molecule has 3 rings (SSSR count). The van der Waals surface area contributed by atoms with Crippen LogP contribution in [0.3, 0.4) is 0 Å². The Morgan fingerprint density at radius 1 is 1.32 bits per heavy atom. The maximum absolute atomic E-state index is 12.8. The van der Waals surface area contributed by atoms with E-state index in [0.29, 0.717) is 17.9 Å². The van der Waals surface area contributed by atoms with Crippen LogP contribution in [0.4, 0.5) is 13.2 Å². The molecule has 0 radical (unpaired) electrons. The van der Waals surface area contributed by atoms with Crippen molar-refractivity contribution in [2.45, 2.75) is 32.5 Å². The second-order valence-corrected chi connectivity index (χ2v) is 7.00. The van der Waals surface area contributed by atoms with Gasteiger partial charge in [0.05, 0.1) is 4.88 Å². The molecule has 134 valence electrons. The van der Waals surface area contributed by atoms with Gasteiger partial charge in [0.25, 0.3) is 5.91 Å². The average molecular weight is 369 g/mol. The number of thiophene rings is 1. The monoisotopic (exact) mass is 369 g/mol. The third kappa shape index (κ3) is 3.98. The number of carbonyl (C=O) groups is 1. The SMILES string of the molecule is CCCCN(CC(F)(F)F)C(=O)c1cc2c(s1)-c1ccccc1OC2. The van der Waals surface area contributed by atoms with Gasteiger partial charge >= 0.3 is 6.18 Å². The first kappa shape index (κ1) is 17.8. The van der Waals surface area contributed by atoms with Crippen LogP contribution in [0.1, 0.15) is 35.0 Å². The lowest BCUT2D eigenvalue weighted by molar-refractivity contribution is -0.140. The average Bonchev–Trinajstić information content (AvgIpc) is 3.01. The number of halogens is 3.